The molecule has 37 heavy (non-hydrogen) atoms. The first kappa shape index (κ1) is 26.1. The summed E-state index contributed by atoms with van der Waals surface area (Å²) < 4.78 is 5.93. The molecule has 2 fully saturated rings. The summed E-state index contributed by atoms with van der Waals surface area (Å²) in [5, 5.41) is 34.3. The predicted octanol–water partition coefficient (Wildman–Crippen LogP) is 3.78. The number of Topliss-reactive ketones (excluding diaryl/α,β-unsaturated/α-hetero) is 1. The Morgan fingerprint density at radius 1 is 1.19 bits per heavy atom. The molecular weight excluding hydrogens is 468 g/mol. The molecule has 5 rings (SSSR count). The molecule has 1 aromatic rings. The summed E-state index contributed by atoms with van der Waals surface area (Å²) in [6.07, 6.45) is 3.05. The largest absolute Gasteiger partial charge is 0.451 e. The second kappa shape index (κ2) is 8.48. The van der Waals surface area contributed by atoms with Crippen molar-refractivity contribution in [1.29, 1.82) is 0 Å². The second-order valence-corrected chi connectivity index (χ2v) is 12.4. The van der Waals surface area contributed by atoms with Crippen molar-refractivity contribution in [3.05, 3.63) is 64.3 Å². The van der Waals surface area contributed by atoms with Crippen LogP contribution in [0.2, 0.25) is 0 Å². The normalized spacial score (nSPS) is 40.0. The number of carbonyl (C=O) groups is 2. The van der Waals surface area contributed by atoms with Crippen LogP contribution in [0.4, 0.5) is 0 Å². The molecule has 0 saturated heterocycles. The Balaban J connectivity index is 1.56. The number of aryl methyl sites for hydroxylation is 1. The Kier molecular flexibility index (Phi) is 5.98. The maximum Gasteiger partial charge on any atom is 0.334 e. The molecule has 0 heterocycles. The fourth-order valence-electron chi connectivity index (χ4n) is 7.77. The number of allylic oxidation sites excluding steroid dienone is 1. The minimum Gasteiger partial charge on any atom is -0.451 e. The highest BCUT2D eigenvalue weighted by molar-refractivity contribution is 5.96. The lowest BCUT2D eigenvalue weighted by atomic mass is 9.59. The maximum atomic E-state index is 14.4. The van der Waals surface area contributed by atoms with Crippen molar-refractivity contribution >= 4 is 17.8 Å². The Hall–Kier alpha value is -2.54. The van der Waals surface area contributed by atoms with Crippen LogP contribution in [-0.4, -0.2) is 51.5 Å². The van der Waals surface area contributed by atoms with Gasteiger partial charge in [-0.3, -0.25) is 4.79 Å². The molecule has 6 nitrogen and oxygen atoms in total. The molecule has 1 aromatic carbocycles. The molecule has 2 bridgehead atoms. The zero-order valence-corrected chi connectivity index (χ0v) is 22.5. The predicted molar refractivity (Wildman–Crippen MR) is 140 cm³/mol. The number of hydrogen-bond donors (Lipinski definition) is 3. The van der Waals surface area contributed by atoms with Gasteiger partial charge in [0.1, 0.15) is 6.10 Å². The zero-order chi connectivity index (χ0) is 27.1. The Labute approximate surface area is 218 Å². The Bertz CT molecular complexity index is 1240. The van der Waals surface area contributed by atoms with Crippen LogP contribution in [0.15, 0.2) is 53.1 Å². The third-order valence-electron chi connectivity index (χ3n) is 9.90. The van der Waals surface area contributed by atoms with Gasteiger partial charge in [-0.15, -0.1) is 0 Å². The van der Waals surface area contributed by atoms with E-state index in [1.54, 1.807) is 32.1 Å². The van der Waals surface area contributed by atoms with E-state index in [1.807, 2.05) is 38.1 Å². The lowest BCUT2D eigenvalue weighted by Gasteiger charge is -2.48. The number of aliphatic hydroxyl groups is 3. The number of ketones is 1. The van der Waals surface area contributed by atoms with Gasteiger partial charge >= 0.3 is 5.97 Å². The monoisotopic (exact) mass is 506 g/mol. The third-order valence-corrected chi connectivity index (χ3v) is 9.90. The van der Waals surface area contributed by atoms with Gasteiger partial charge in [-0.05, 0) is 73.1 Å². The second-order valence-electron chi connectivity index (χ2n) is 12.4. The van der Waals surface area contributed by atoms with Crippen molar-refractivity contribution in [1.82, 2.24) is 0 Å². The van der Waals surface area contributed by atoms with E-state index in [1.165, 1.54) is 0 Å². The summed E-state index contributed by atoms with van der Waals surface area (Å²) in [7, 11) is 0. The van der Waals surface area contributed by atoms with E-state index in [0.29, 0.717) is 23.5 Å². The van der Waals surface area contributed by atoms with Crippen molar-refractivity contribution in [3.8, 4) is 0 Å². The average molecular weight is 507 g/mol. The van der Waals surface area contributed by atoms with Crippen LogP contribution in [0.5, 0.6) is 0 Å². The molecule has 0 amide bonds. The van der Waals surface area contributed by atoms with Crippen LogP contribution >= 0.6 is 0 Å². The first-order chi connectivity index (χ1) is 17.3. The van der Waals surface area contributed by atoms with E-state index in [4.69, 9.17) is 4.74 Å². The number of carbonyl (C=O) groups excluding carboxylic acids is 2. The van der Waals surface area contributed by atoms with E-state index in [-0.39, 0.29) is 28.6 Å². The van der Waals surface area contributed by atoms with Gasteiger partial charge in [0.2, 0.25) is 0 Å². The first-order valence-corrected chi connectivity index (χ1v) is 13.2. The van der Waals surface area contributed by atoms with Gasteiger partial charge in [0.25, 0.3) is 0 Å². The van der Waals surface area contributed by atoms with E-state index in [2.05, 4.69) is 13.8 Å². The van der Waals surface area contributed by atoms with Gasteiger partial charge in [0.15, 0.2) is 17.5 Å². The standard InChI is InChI=1S/C31H38O6/c1-16-7-9-20(10-8-16)11-17(2)28(35)37-27-18(3)14-30-19(4)12-23-24(29(23,5)6)22(26(30)34)13-21(15-32)25(33)31(27,30)36/h7-11,13-14,19,22-25,27,32-33,36H,12,15H2,1-6H3/t19-,22+,23-,24+,25-,27+,30+,31+/m1/s1. The van der Waals surface area contributed by atoms with Crippen molar-refractivity contribution in [2.24, 2.45) is 34.5 Å². The summed E-state index contributed by atoms with van der Waals surface area (Å²) in [5.41, 5.74) is -0.583. The van der Waals surface area contributed by atoms with Crippen molar-refractivity contribution in [3.63, 3.8) is 0 Å². The van der Waals surface area contributed by atoms with Crippen molar-refractivity contribution < 1.29 is 29.6 Å². The zero-order valence-electron chi connectivity index (χ0n) is 22.5. The van der Waals surface area contributed by atoms with E-state index in [9.17, 15) is 24.9 Å². The van der Waals surface area contributed by atoms with Gasteiger partial charge in [0.05, 0.1) is 12.0 Å². The molecule has 0 unspecified atom stereocenters. The van der Waals surface area contributed by atoms with Gasteiger partial charge < -0.3 is 20.1 Å². The number of ether oxygens (including phenoxy) is 1. The molecule has 4 aliphatic rings. The Morgan fingerprint density at radius 3 is 2.46 bits per heavy atom. The van der Waals surface area contributed by atoms with Gasteiger partial charge in [-0.1, -0.05) is 62.8 Å². The molecule has 198 valence electrons. The lowest BCUT2D eigenvalue weighted by molar-refractivity contribution is -0.201. The van der Waals surface area contributed by atoms with Crippen molar-refractivity contribution in [2.75, 3.05) is 6.61 Å². The molecule has 1 spiro atoms. The number of aliphatic hydroxyl groups excluding tert-OH is 2. The summed E-state index contributed by atoms with van der Waals surface area (Å²) in [6, 6.07) is 7.71. The molecule has 0 radical (unpaired) electrons. The molecule has 2 saturated carbocycles. The summed E-state index contributed by atoms with van der Waals surface area (Å²) in [6.45, 7) is 11.1. The van der Waals surface area contributed by atoms with Crippen LogP contribution in [0, 0.1) is 41.4 Å². The number of esters is 1. The molecular formula is C31H38O6. The van der Waals surface area contributed by atoms with Crippen LogP contribution in [0.25, 0.3) is 6.08 Å². The maximum absolute atomic E-state index is 14.4. The fraction of sp³-hybridized carbons (Fsp3) is 0.548. The highest BCUT2D eigenvalue weighted by Gasteiger charge is 2.76. The van der Waals surface area contributed by atoms with Crippen LogP contribution in [0.3, 0.4) is 0 Å². The van der Waals surface area contributed by atoms with Crippen molar-refractivity contribution in [2.45, 2.75) is 65.8 Å². The number of fused-ring (bicyclic) bond motifs is 3. The summed E-state index contributed by atoms with van der Waals surface area (Å²) in [4.78, 5) is 27.6. The minimum absolute atomic E-state index is 0.0399. The number of hydrogen-bond acceptors (Lipinski definition) is 6. The van der Waals surface area contributed by atoms with Gasteiger partial charge in [-0.25, -0.2) is 4.79 Å². The highest BCUT2D eigenvalue weighted by atomic mass is 16.6. The number of rotatable bonds is 4. The topological polar surface area (TPSA) is 104 Å². The molecule has 0 aliphatic heterocycles. The van der Waals surface area contributed by atoms with Gasteiger partial charge in [0, 0.05) is 11.5 Å². The van der Waals surface area contributed by atoms with E-state index in [0.717, 1.165) is 11.1 Å². The SMILES string of the molecule is CC(=Cc1ccc(C)cc1)C(=O)O[C@H]1C(C)=C[C@]23C(=O)[C@@H](C=C(CO)[C@@H](O)[C@]12O)[C@H]1[C@@H](C[C@H]3C)C1(C)C. The van der Waals surface area contributed by atoms with Crippen LogP contribution in [0.1, 0.15) is 52.2 Å². The lowest BCUT2D eigenvalue weighted by Crippen LogP contribution is -2.65. The average Bonchev–Trinajstić information content (AvgIpc) is 3.34. The fourth-order valence-corrected chi connectivity index (χ4v) is 7.77. The molecule has 3 N–H and O–H groups in total. The van der Waals surface area contributed by atoms with Gasteiger partial charge in [-0.2, -0.15) is 0 Å². The van der Waals surface area contributed by atoms with Crippen LogP contribution in [-0.2, 0) is 14.3 Å². The molecule has 6 heteroatoms. The molecule has 8 atom stereocenters. The van der Waals surface area contributed by atoms with E-state index >= 15 is 0 Å². The first-order valence-electron chi connectivity index (χ1n) is 13.2. The molecule has 4 aliphatic carbocycles. The van der Waals surface area contributed by atoms with E-state index < -0.39 is 41.7 Å². The minimum atomic E-state index is -2.13. The quantitative estimate of drug-likeness (QED) is 0.326. The number of benzene rings is 1. The smallest absolute Gasteiger partial charge is 0.334 e. The summed E-state index contributed by atoms with van der Waals surface area (Å²) in [5.74, 6) is -1.25. The van der Waals surface area contributed by atoms with Crippen LogP contribution < -0.4 is 0 Å². The third kappa shape index (κ3) is 3.49. The Morgan fingerprint density at radius 2 is 1.84 bits per heavy atom. The molecule has 0 aromatic heterocycles. The summed E-state index contributed by atoms with van der Waals surface area (Å²) >= 11 is 0. The highest BCUT2D eigenvalue weighted by Crippen LogP contribution is 2.71.